The average Bonchev–Trinajstić information content (AvgIpc) is 3.37. The molecule has 0 radical (unpaired) electrons. The maximum Gasteiger partial charge on any atom is 0.213 e. The van der Waals surface area contributed by atoms with Crippen LogP contribution in [0.1, 0.15) is 0 Å². The van der Waals surface area contributed by atoms with Gasteiger partial charge in [0.05, 0.1) is 18.1 Å². The third-order valence-electron chi connectivity index (χ3n) is 3.97. The first-order chi connectivity index (χ1) is 13.7. The Morgan fingerprint density at radius 1 is 1.07 bits per heavy atom. The van der Waals surface area contributed by atoms with Gasteiger partial charge < -0.3 is 4.57 Å². The predicted octanol–water partition coefficient (Wildman–Crippen LogP) is 3.85. The van der Waals surface area contributed by atoms with Crippen molar-refractivity contribution >= 4 is 39.7 Å². The first kappa shape index (κ1) is 17.3. The van der Waals surface area contributed by atoms with Crippen LogP contribution in [0.5, 0.6) is 0 Å². The standard InChI is InChI=1S/C17H11ClN8S2/c1-25-14(12-8-19-6-7-20-12)22-23-16(25)28-17-24-26-9-13(21-15(26)27-17)10-2-4-11(18)5-3-10/h2-9H,1H3. The summed E-state index contributed by atoms with van der Waals surface area (Å²) in [6.45, 7) is 0. The van der Waals surface area contributed by atoms with E-state index in [1.54, 1.807) is 23.1 Å². The first-order valence-electron chi connectivity index (χ1n) is 8.13. The van der Waals surface area contributed by atoms with Gasteiger partial charge in [-0.3, -0.25) is 4.98 Å². The second kappa shape index (κ2) is 6.97. The third kappa shape index (κ3) is 3.15. The van der Waals surface area contributed by atoms with E-state index in [1.165, 1.54) is 23.1 Å². The molecule has 0 aliphatic rings. The van der Waals surface area contributed by atoms with Gasteiger partial charge in [0.1, 0.15) is 5.69 Å². The van der Waals surface area contributed by atoms with Gasteiger partial charge in [0.2, 0.25) is 4.96 Å². The summed E-state index contributed by atoms with van der Waals surface area (Å²) in [4.78, 5) is 13.8. The molecule has 4 heterocycles. The minimum Gasteiger partial charge on any atom is -0.303 e. The summed E-state index contributed by atoms with van der Waals surface area (Å²) in [7, 11) is 1.89. The van der Waals surface area contributed by atoms with E-state index < -0.39 is 0 Å². The maximum atomic E-state index is 5.95. The van der Waals surface area contributed by atoms with Crippen LogP contribution in [0.3, 0.4) is 0 Å². The Morgan fingerprint density at radius 2 is 1.93 bits per heavy atom. The summed E-state index contributed by atoms with van der Waals surface area (Å²) in [6, 6.07) is 7.58. The first-order valence-corrected chi connectivity index (χ1v) is 10.1. The molecular formula is C17H11ClN8S2. The molecule has 8 nitrogen and oxygen atoms in total. The number of hydrogen-bond acceptors (Lipinski definition) is 8. The quantitative estimate of drug-likeness (QED) is 0.431. The van der Waals surface area contributed by atoms with Gasteiger partial charge in [0.15, 0.2) is 15.3 Å². The maximum absolute atomic E-state index is 5.95. The molecule has 0 N–H and O–H groups in total. The van der Waals surface area contributed by atoms with Crippen LogP contribution in [0.25, 0.3) is 27.7 Å². The van der Waals surface area contributed by atoms with E-state index in [0.717, 1.165) is 25.7 Å². The highest BCUT2D eigenvalue weighted by Crippen LogP contribution is 2.32. The van der Waals surface area contributed by atoms with Crippen molar-refractivity contribution in [2.75, 3.05) is 0 Å². The van der Waals surface area contributed by atoms with Crippen molar-refractivity contribution in [2.24, 2.45) is 7.05 Å². The minimum absolute atomic E-state index is 0.655. The van der Waals surface area contributed by atoms with Crippen molar-refractivity contribution in [2.45, 2.75) is 9.50 Å². The lowest BCUT2D eigenvalue weighted by Gasteiger charge is -2.00. The zero-order valence-corrected chi connectivity index (χ0v) is 16.8. The molecule has 138 valence electrons. The summed E-state index contributed by atoms with van der Waals surface area (Å²) < 4.78 is 4.47. The number of imidazole rings is 1. The number of fused-ring (bicyclic) bond motifs is 1. The summed E-state index contributed by atoms with van der Waals surface area (Å²) in [5.74, 6) is 0.655. The van der Waals surface area contributed by atoms with E-state index >= 15 is 0 Å². The molecule has 11 heteroatoms. The summed E-state index contributed by atoms with van der Waals surface area (Å²) >= 11 is 8.88. The van der Waals surface area contributed by atoms with Crippen molar-refractivity contribution in [3.05, 3.63) is 54.1 Å². The summed E-state index contributed by atoms with van der Waals surface area (Å²) in [5, 5.41) is 14.5. The molecule has 0 saturated carbocycles. The number of halogens is 1. The molecule has 4 aromatic heterocycles. The number of nitrogens with zero attached hydrogens (tertiary/aromatic N) is 8. The van der Waals surface area contributed by atoms with E-state index in [1.807, 2.05) is 42.1 Å². The van der Waals surface area contributed by atoms with Crippen LogP contribution < -0.4 is 0 Å². The Labute approximate surface area is 172 Å². The van der Waals surface area contributed by atoms with Crippen molar-refractivity contribution < 1.29 is 0 Å². The van der Waals surface area contributed by atoms with Crippen molar-refractivity contribution in [1.29, 1.82) is 0 Å². The summed E-state index contributed by atoms with van der Waals surface area (Å²) in [5.41, 5.74) is 2.53. The van der Waals surface area contributed by atoms with Crippen LogP contribution in [0.15, 0.2) is 58.5 Å². The largest absolute Gasteiger partial charge is 0.303 e. The monoisotopic (exact) mass is 426 g/mol. The smallest absolute Gasteiger partial charge is 0.213 e. The van der Waals surface area contributed by atoms with Gasteiger partial charge in [-0.15, -0.1) is 15.3 Å². The van der Waals surface area contributed by atoms with Gasteiger partial charge in [0, 0.05) is 30.0 Å². The fraction of sp³-hybridized carbons (Fsp3) is 0.0588. The molecule has 5 rings (SSSR count). The molecule has 0 amide bonds. The van der Waals surface area contributed by atoms with Crippen molar-refractivity contribution in [1.82, 2.24) is 39.3 Å². The van der Waals surface area contributed by atoms with Gasteiger partial charge >= 0.3 is 0 Å². The number of rotatable bonds is 4. The Balaban J connectivity index is 1.41. The second-order valence-corrected chi connectivity index (χ2v) is 8.39. The Bertz CT molecular complexity index is 1230. The van der Waals surface area contributed by atoms with Crippen LogP contribution in [0, 0.1) is 0 Å². The molecule has 0 aliphatic carbocycles. The zero-order chi connectivity index (χ0) is 19.1. The normalized spacial score (nSPS) is 11.4. The third-order valence-corrected chi connectivity index (χ3v) is 6.23. The van der Waals surface area contributed by atoms with Gasteiger partial charge in [-0.1, -0.05) is 35.1 Å². The number of aromatic nitrogens is 8. The fourth-order valence-electron chi connectivity index (χ4n) is 2.60. The Hall–Kier alpha value is -2.82. The fourth-order valence-corrected chi connectivity index (χ4v) is 4.55. The molecule has 5 aromatic rings. The van der Waals surface area contributed by atoms with Gasteiger partial charge in [-0.2, -0.15) is 0 Å². The molecular weight excluding hydrogens is 416 g/mol. The Kier molecular flexibility index (Phi) is 4.30. The SMILES string of the molecule is Cn1c(Sc2nn3cc(-c4ccc(Cl)cc4)nc3s2)nnc1-c1cnccn1. The van der Waals surface area contributed by atoms with Gasteiger partial charge in [-0.25, -0.2) is 14.5 Å². The number of hydrogen-bond donors (Lipinski definition) is 0. The molecule has 28 heavy (non-hydrogen) atoms. The lowest BCUT2D eigenvalue weighted by molar-refractivity contribution is 0.789. The second-order valence-electron chi connectivity index (χ2n) is 5.79. The molecule has 0 unspecified atom stereocenters. The molecule has 1 aromatic carbocycles. The van der Waals surface area contributed by atoms with Crippen LogP contribution in [-0.2, 0) is 7.05 Å². The van der Waals surface area contributed by atoms with E-state index in [4.69, 9.17) is 11.6 Å². The zero-order valence-electron chi connectivity index (χ0n) is 14.4. The average molecular weight is 427 g/mol. The predicted molar refractivity (Wildman–Crippen MR) is 107 cm³/mol. The molecule has 0 fully saturated rings. The molecule has 0 saturated heterocycles. The molecule has 0 aliphatic heterocycles. The Morgan fingerprint density at radius 3 is 2.68 bits per heavy atom. The van der Waals surface area contributed by atoms with E-state index in [2.05, 4.69) is 30.2 Å². The van der Waals surface area contributed by atoms with Crippen LogP contribution in [-0.4, -0.2) is 39.3 Å². The lowest BCUT2D eigenvalue weighted by atomic mass is 10.2. The van der Waals surface area contributed by atoms with Crippen molar-refractivity contribution in [3.63, 3.8) is 0 Å². The van der Waals surface area contributed by atoms with E-state index in [0.29, 0.717) is 16.5 Å². The molecule has 0 bridgehead atoms. The van der Waals surface area contributed by atoms with Crippen LogP contribution in [0.4, 0.5) is 0 Å². The van der Waals surface area contributed by atoms with E-state index in [-0.39, 0.29) is 0 Å². The number of benzene rings is 1. The summed E-state index contributed by atoms with van der Waals surface area (Å²) in [6.07, 6.45) is 6.82. The molecule has 0 spiro atoms. The highest BCUT2D eigenvalue weighted by atomic mass is 35.5. The van der Waals surface area contributed by atoms with E-state index in [9.17, 15) is 0 Å². The highest BCUT2D eigenvalue weighted by molar-refractivity contribution is 8.01. The minimum atomic E-state index is 0.655. The molecule has 0 atom stereocenters. The van der Waals surface area contributed by atoms with Gasteiger partial charge in [-0.05, 0) is 23.9 Å². The van der Waals surface area contributed by atoms with Gasteiger partial charge in [0.25, 0.3) is 0 Å². The van der Waals surface area contributed by atoms with Crippen LogP contribution in [0.2, 0.25) is 5.02 Å². The van der Waals surface area contributed by atoms with Crippen LogP contribution >= 0.6 is 34.7 Å². The topological polar surface area (TPSA) is 86.7 Å². The lowest BCUT2D eigenvalue weighted by Crippen LogP contribution is -1.96. The van der Waals surface area contributed by atoms with Crippen molar-refractivity contribution in [3.8, 4) is 22.8 Å². The highest BCUT2D eigenvalue weighted by Gasteiger charge is 2.16.